The number of aliphatic hydroxyl groups is 2. The van der Waals surface area contributed by atoms with Gasteiger partial charge in [0.1, 0.15) is 6.10 Å². The number of carbonyl (C=O) groups excluding carboxylic acids is 3. The monoisotopic (exact) mass is 574 g/mol. The van der Waals surface area contributed by atoms with Gasteiger partial charge in [-0.25, -0.2) is 0 Å². The Morgan fingerprint density at radius 2 is 1.68 bits per heavy atom. The van der Waals surface area contributed by atoms with Gasteiger partial charge < -0.3 is 45.0 Å². The second-order valence-electron chi connectivity index (χ2n) is 9.08. The number of rotatable bonds is 10. The number of aliphatic carboxylic acids is 1. The largest absolute Gasteiger partial charge is 1.00 e. The number of carboxylic acid groups (broad SMARTS) is 3. The molecule has 0 aromatic rings. The Balaban J connectivity index is -0.000000674. The molecule has 10 nitrogen and oxygen atoms in total. The quantitative estimate of drug-likeness (QED) is 0.187. The molecule has 0 spiro atoms. The molecule has 0 unspecified atom stereocenters. The van der Waals surface area contributed by atoms with E-state index in [1.54, 1.807) is 6.08 Å². The molecule has 0 heterocycles. The molecule has 0 amide bonds. The van der Waals surface area contributed by atoms with Gasteiger partial charge in [0.05, 0.1) is 18.1 Å². The van der Waals surface area contributed by atoms with Crippen molar-refractivity contribution in [1.29, 1.82) is 0 Å². The molecule has 8 atom stereocenters. The average Bonchev–Trinajstić information content (AvgIpc) is 2.71. The normalized spacial score (nSPS) is 25.3. The zero-order chi connectivity index (χ0) is 26.0. The molecule has 0 aliphatic heterocycles. The van der Waals surface area contributed by atoms with Gasteiger partial charge in [0.15, 0.2) is 0 Å². The Morgan fingerprint density at radius 1 is 1.13 bits per heavy atom. The summed E-state index contributed by atoms with van der Waals surface area (Å²) >= 11 is 0. The Hall–Kier alpha value is 1.57. The van der Waals surface area contributed by atoms with Crippen molar-refractivity contribution >= 4 is 18.1 Å². The van der Waals surface area contributed by atoms with Crippen molar-refractivity contribution in [1.82, 2.24) is 0 Å². The maximum absolute atomic E-state index is 12.4. The van der Waals surface area contributed by atoms with Crippen molar-refractivity contribution in [2.45, 2.75) is 83.7 Å². The molecule has 0 bridgehead atoms. The SMILES string of the molecule is CC[C@H](C)C(=O)O[C@H]1C[C@H](O)C=C2C=C[C@H](C)[C@H](CC[C@@H](O)C[C@@H]([O-])CC(=O)[O-])[C@H]21.O=C([O-])[O-].[Na+].[Na+].[Na+].[Na+]. The Labute approximate surface area is 313 Å². The summed E-state index contributed by atoms with van der Waals surface area (Å²) < 4.78 is 5.82. The molecule has 14 heteroatoms. The minimum atomic E-state index is -2.33. The van der Waals surface area contributed by atoms with Gasteiger partial charge in [0, 0.05) is 18.3 Å². The number of esters is 1. The Bertz CT molecular complexity index is 760. The smallest absolute Gasteiger partial charge is 0.852 e. The zero-order valence-corrected chi connectivity index (χ0v) is 31.8. The first-order valence-corrected chi connectivity index (χ1v) is 11.6. The van der Waals surface area contributed by atoms with Crippen LogP contribution in [0.25, 0.3) is 0 Å². The topological polar surface area (TPSA) is 193 Å². The van der Waals surface area contributed by atoms with Crippen molar-refractivity contribution in [3.8, 4) is 0 Å². The Kier molecular flexibility index (Phi) is 29.5. The van der Waals surface area contributed by atoms with Gasteiger partial charge in [-0.3, -0.25) is 4.79 Å². The molecule has 2 aliphatic rings. The zero-order valence-electron chi connectivity index (χ0n) is 23.8. The van der Waals surface area contributed by atoms with Gasteiger partial charge in [-0.05, 0) is 55.7 Å². The summed E-state index contributed by atoms with van der Waals surface area (Å²) in [5, 5.41) is 59.4. The maximum atomic E-state index is 12.4. The fourth-order valence-corrected chi connectivity index (χ4v) is 4.49. The third-order valence-electron chi connectivity index (χ3n) is 6.42. The predicted molar refractivity (Wildman–Crippen MR) is 112 cm³/mol. The van der Waals surface area contributed by atoms with Crippen LogP contribution < -0.4 is 139 Å². The predicted octanol–water partition coefficient (Wildman–Crippen LogP) is -14.0. The van der Waals surface area contributed by atoms with E-state index in [4.69, 9.17) is 19.7 Å². The number of fused-ring (bicyclic) bond motifs is 1. The summed E-state index contributed by atoms with van der Waals surface area (Å²) in [5.74, 6) is -1.73. The minimum Gasteiger partial charge on any atom is -0.852 e. The van der Waals surface area contributed by atoms with Gasteiger partial charge >= 0.3 is 124 Å². The molecule has 0 saturated carbocycles. The van der Waals surface area contributed by atoms with Crippen molar-refractivity contribution in [3.63, 3.8) is 0 Å². The molecule has 0 fully saturated rings. The number of carboxylic acids is 1. The van der Waals surface area contributed by atoms with E-state index < -0.39 is 43.0 Å². The molecule has 0 saturated heterocycles. The molecule has 0 aromatic carbocycles. The second-order valence-corrected chi connectivity index (χ2v) is 9.08. The first-order valence-electron chi connectivity index (χ1n) is 11.6. The van der Waals surface area contributed by atoms with Crippen molar-refractivity contribution in [2.24, 2.45) is 23.7 Å². The second kappa shape index (κ2) is 24.1. The summed E-state index contributed by atoms with van der Waals surface area (Å²) in [7, 11) is 0. The number of aliphatic hydroxyl groups excluding tert-OH is 2. The number of allylic oxidation sites excluding steroid dienone is 2. The third-order valence-corrected chi connectivity index (χ3v) is 6.42. The van der Waals surface area contributed by atoms with E-state index in [2.05, 4.69) is 13.0 Å². The standard InChI is InChI=1S/C23H35O7.CH2O3.4Na/c1-4-13(2)23(29)30-20-11-17(25)9-15-6-5-14(3)19(22(15)20)8-7-16(24)10-18(26)12-21(27)28;2-1(3)4;;;;/h5-6,9,13-14,16-20,22,24-25H,4,7-8,10-12H2,1-3H3,(H,27,28);(H2,2,3,4);;;;/q-1;;4*+1/p-3/t13-,14-,16+,17+,18+,19-,20-,22-;;;;;/m0...../s1. The summed E-state index contributed by atoms with van der Waals surface area (Å²) in [4.78, 5) is 31.3. The molecular formula is C24H34Na4O10. The van der Waals surface area contributed by atoms with Crippen LogP contribution in [0.15, 0.2) is 23.8 Å². The van der Waals surface area contributed by atoms with Crippen molar-refractivity contribution in [3.05, 3.63) is 23.8 Å². The van der Waals surface area contributed by atoms with Gasteiger partial charge in [-0.15, -0.1) is 6.10 Å². The molecule has 2 rings (SSSR count). The Morgan fingerprint density at radius 3 is 2.18 bits per heavy atom. The van der Waals surface area contributed by atoms with Gasteiger partial charge in [0.25, 0.3) is 0 Å². The van der Waals surface area contributed by atoms with Crippen molar-refractivity contribution < 1.29 is 168 Å². The van der Waals surface area contributed by atoms with Gasteiger partial charge in [0.2, 0.25) is 0 Å². The number of ether oxygens (including phenoxy) is 1. The fraction of sp³-hybridized carbons (Fsp3) is 0.708. The van der Waals surface area contributed by atoms with Crippen LogP contribution in [-0.2, 0) is 14.3 Å². The molecule has 194 valence electrons. The van der Waals surface area contributed by atoms with Crippen LogP contribution in [0.5, 0.6) is 0 Å². The van der Waals surface area contributed by atoms with E-state index in [-0.39, 0.29) is 154 Å². The first-order chi connectivity index (χ1) is 15.8. The van der Waals surface area contributed by atoms with Crippen LogP contribution in [0.2, 0.25) is 0 Å². The first kappa shape index (κ1) is 46.5. The summed E-state index contributed by atoms with van der Waals surface area (Å²) in [6, 6.07) is 0. The molecule has 2 aliphatic carbocycles. The van der Waals surface area contributed by atoms with Crippen LogP contribution >= 0.6 is 0 Å². The number of hydrogen-bond acceptors (Lipinski definition) is 10. The van der Waals surface area contributed by atoms with E-state index >= 15 is 0 Å². The van der Waals surface area contributed by atoms with Crippen LogP contribution in [0.4, 0.5) is 4.79 Å². The van der Waals surface area contributed by atoms with Gasteiger partial charge in [-0.2, -0.15) is 0 Å². The fourth-order valence-electron chi connectivity index (χ4n) is 4.49. The third kappa shape index (κ3) is 17.5. The maximum Gasteiger partial charge on any atom is 1.00 e. The number of hydrogen-bond donors (Lipinski definition) is 2. The minimum absolute atomic E-state index is 0. The van der Waals surface area contributed by atoms with E-state index in [1.165, 1.54) is 0 Å². The van der Waals surface area contributed by atoms with Crippen molar-refractivity contribution in [2.75, 3.05) is 0 Å². The van der Waals surface area contributed by atoms with Crippen LogP contribution in [0.1, 0.15) is 59.3 Å². The van der Waals surface area contributed by atoms with E-state index in [0.29, 0.717) is 25.7 Å². The summed E-state index contributed by atoms with van der Waals surface area (Å²) in [5.41, 5.74) is 0.937. The van der Waals surface area contributed by atoms with Crippen LogP contribution in [-0.4, -0.2) is 52.7 Å². The van der Waals surface area contributed by atoms with Crippen LogP contribution in [0, 0.1) is 23.7 Å². The molecule has 2 N–H and O–H groups in total. The molecule has 38 heavy (non-hydrogen) atoms. The van der Waals surface area contributed by atoms with E-state index in [0.717, 1.165) is 5.57 Å². The average molecular weight is 574 g/mol. The number of carbonyl (C=O) groups is 3. The summed E-state index contributed by atoms with van der Waals surface area (Å²) in [6.07, 6.45) is 1.31. The molecule has 0 radical (unpaired) electrons. The van der Waals surface area contributed by atoms with E-state index in [9.17, 15) is 30.0 Å². The van der Waals surface area contributed by atoms with E-state index in [1.807, 2.05) is 19.9 Å². The van der Waals surface area contributed by atoms with Crippen LogP contribution in [0.3, 0.4) is 0 Å². The van der Waals surface area contributed by atoms with Gasteiger partial charge in [-0.1, -0.05) is 39.0 Å². The molecule has 0 aromatic heterocycles. The summed E-state index contributed by atoms with van der Waals surface area (Å²) in [6.45, 7) is 5.81. The molecular weight excluding hydrogens is 540 g/mol.